The van der Waals surface area contributed by atoms with Crippen LogP contribution < -0.4 is 5.73 Å². The summed E-state index contributed by atoms with van der Waals surface area (Å²) in [6.45, 7) is 1.80. The molecule has 0 spiro atoms. The highest BCUT2D eigenvalue weighted by Crippen LogP contribution is 2.32. The van der Waals surface area contributed by atoms with Crippen molar-refractivity contribution >= 4 is 66.3 Å². The summed E-state index contributed by atoms with van der Waals surface area (Å²) >= 11 is 13.0. The number of thiocarbonyl (C=S) groups is 1. The van der Waals surface area contributed by atoms with Crippen molar-refractivity contribution < 1.29 is 4.79 Å². The normalized spacial score (nSPS) is 12.2. The maximum atomic E-state index is 12.1. The third-order valence-corrected chi connectivity index (χ3v) is 4.88. The largest absolute Gasteiger partial charge is 0.392 e. The minimum absolute atomic E-state index is 0.103. The average Bonchev–Trinajstić information content (AvgIpc) is 2.54. The van der Waals surface area contributed by atoms with Gasteiger partial charge >= 0.3 is 0 Å². The topological polar surface area (TPSA) is 46.3 Å². The standard InChI is InChI=1S/C9H10Br2N2OS2/c1-4(8(12)15)13(2)9(14)5-3-6(10)16-7(5)11/h3-4H,1-2H3,(H2,12,15). The predicted molar refractivity (Wildman–Crippen MR) is 78.1 cm³/mol. The van der Waals surface area contributed by atoms with E-state index in [-0.39, 0.29) is 11.9 Å². The van der Waals surface area contributed by atoms with E-state index in [0.29, 0.717) is 10.6 Å². The van der Waals surface area contributed by atoms with Gasteiger partial charge in [0, 0.05) is 7.05 Å². The molecule has 0 saturated carbocycles. The lowest BCUT2D eigenvalue weighted by molar-refractivity contribution is 0.0778. The molecule has 16 heavy (non-hydrogen) atoms. The Balaban J connectivity index is 2.94. The monoisotopic (exact) mass is 384 g/mol. The maximum Gasteiger partial charge on any atom is 0.256 e. The Hall–Kier alpha value is 0.0200. The molecule has 1 amide bonds. The molecule has 0 aliphatic heterocycles. The first-order chi connectivity index (χ1) is 7.34. The van der Waals surface area contributed by atoms with E-state index >= 15 is 0 Å². The van der Waals surface area contributed by atoms with Crippen LogP contribution in [0.3, 0.4) is 0 Å². The van der Waals surface area contributed by atoms with Crippen LogP contribution in [-0.2, 0) is 0 Å². The number of carbonyl (C=O) groups is 1. The van der Waals surface area contributed by atoms with Gasteiger partial charge in [-0.2, -0.15) is 0 Å². The van der Waals surface area contributed by atoms with Gasteiger partial charge in [0.05, 0.1) is 24.2 Å². The van der Waals surface area contributed by atoms with Crippen molar-refractivity contribution in [2.24, 2.45) is 5.73 Å². The molecule has 7 heteroatoms. The third-order valence-electron chi connectivity index (χ3n) is 2.20. The number of rotatable bonds is 3. The van der Waals surface area contributed by atoms with Crippen molar-refractivity contribution in [1.29, 1.82) is 0 Å². The van der Waals surface area contributed by atoms with Crippen molar-refractivity contribution in [3.8, 4) is 0 Å². The number of nitrogens with two attached hydrogens (primary N) is 1. The fourth-order valence-corrected chi connectivity index (χ4v) is 3.98. The van der Waals surface area contributed by atoms with E-state index in [1.54, 1.807) is 20.0 Å². The van der Waals surface area contributed by atoms with Crippen molar-refractivity contribution in [3.63, 3.8) is 0 Å². The molecular formula is C9H10Br2N2OS2. The Morgan fingerprint density at radius 2 is 2.19 bits per heavy atom. The minimum Gasteiger partial charge on any atom is -0.392 e. The van der Waals surface area contributed by atoms with Crippen LogP contribution in [0, 0.1) is 0 Å². The van der Waals surface area contributed by atoms with Gasteiger partial charge in [-0.1, -0.05) is 12.2 Å². The zero-order valence-electron chi connectivity index (χ0n) is 8.66. The highest BCUT2D eigenvalue weighted by Gasteiger charge is 2.22. The van der Waals surface area contributed by atoms with Crippen LogP contribution in [0.1, 0.15) is 17.3 Å². The summed E-state index contributed by atoms with van der Waals surface area (Å²) < 4.78 is 1.70. The van der Waals surface area contributed by atoms with E-state index in [1.807, 2.05) is 0 Å². The number of halogens is 2. The Bertz CT molecular complexity index is 433. The molecule has 0 radical (unpaired) electrons. The lowest BCUT2D eigenvalue weighted by Crippen LogP contribution is -2.42. The molecule has 1 atom stereocenters. The van der Waals surface area contributed by atoms with E-state index in [9.17, 15) is 4.79 Å². The van der Waals surface area contributed by atoms with Gasteiger partial charge in [-0.3, -0.25) is 4.79 Å². The molecule has 1 rings (SSSR count). The summed E-state index contributed by atoms with van der Waals surface area (Å²) in [7, 11) is 1.68. The fraction of sp³-hybridized carbons (Fsp3) is 0.333. The maximum absolute atomic E-state index is 12.1. The van der Waals surface area contributed by atoms with Crippen molar-refractivity contribution in [2.75, 3.05) is 7.05 Å². The van der Waals surface area contributed by atoms with Crippen molar-refractivity contribution in [3.05, 3.63) is 19.2 Å². The molecule has 3 nitrogen and oxygen atoms in total. The Morgan fingerprint density at radius 1 is 1.62 bits per heavy atom. The second kappa shape index (κ2) is 5.57. The van der Waals surface area contributed by atoms with E-state index < -0.39 is 0 Å². The smallest absolute Gasteiger partial charge is 0.256 e. The quantitative estimate of drug-likeness (QED) is 0.813. The summed E-state index contributed by atoms with van der Waals surface area (Å²) in [5.74, 6) is -0.103. The second-order valence-electron chi connectivity index (χ2n) is 3.23. The molecule has 2 N–H and O–H groups in total. The van der Waals surface area contributed by atoms with Crippen molar-refractivity contribution in [1.82, 2.24) is 4.90 Å². The molecule has 1 heterocycles. The zero-order valence-corrected chi connectivity index (χ0v) is 13.5. The van der Waals surface area contributed by atoms with E-state index in [4.69, 9.17) is 18.0 Å². The first-order valence-corrected chi connectivity index (χ1v) is 7.17. The first-order valence-electron chi connectivity index (χ1n) is 4.36. The van der Waals surface area contributed by atoms with Crippen LogP contribution in [0.15, 0.2) is 13.6 Å². The van der Waals surface area contributed by atoms with Gasteiger partial charge in [-0.15, -0.1) is 11.3 Å². The van der Waals surface area contributed by atoms with Gasteiger partial charge < -0.3 is 10.6 Å². The number of thiophene rings is 1. The molecule has 0 fully saturated rings. The number of nitrogens with zero attached hydrogens (tertiary/aromatic N) is 1. The number of hydrogen-bond acceptors (Lipinski definition) is 3. The van der Waals surface area contributed by atoms with Gasteiger partial charge in [0.1, 0.15) is 0 Å². The molecule has 0 saturated heterocycles. The molecule has 1 aromatic heterocycles. The average molecular weight is 386 g/mol. The summed E-state index contributed by atoms with van der Waals surface area (Å²) in [4.78, 5) is 13.9. The SMILES string of the molecule is CC(C(N)=S)N(C)C(=O)c1cc(Br)sc1Br. The Labute approximate surface area is 120 Å². The fourth-order valence-electron chi connectivity index (χ4n) is 1.04. The van der Waals surface area contributed by atoms with Gasteiger partial charge in [-0.05, 0) is 44.8 Å². The highest BCUT2D eigenvalue weighted by molar-refractivity contribution is 9.12. The molecule has 88 valence electrons. The van der Waals surface area contributed by atoms with Crippen molar-refractivity contribution in [2.45, 2.75) is 13.0 Å². The molecule has 1 aromatic rings. The van der Waals surface area contributed by atoms with Gasteiger partial charge in [0.25, 0.3) is 5.91 Å². The number of carbonyl (C=O) groups excluding carboxylic acids is 1. The van der Waals surface area contributed by atoms with Crippen LogP contribution in [0.2, 0.25) is 0 Å². The lowest BCUT2D eigenvalue weighted by Gasteiger charge is -2.23. The molecule has 1 unspecified atom stereocenters. The molecule has 0 aliphatic rings. The number of amides is 1. The summed E-state index contributed by atoms with van der Waals surface area (Å²) in [5.41, 5.74) is 6.13. The second-order valence-corrected chi connectivity index (χ2v) is 7.45. The van der Waals surface area contributed by atoms with Crippen LogP contribution in [0.4, 0.5) is 0 Å². The zero-order chi connectivity index (χ0) is 12.5. The summed E-state index contributed by atoms with van der Waals surface area (Å²) in [6, 6.07) is 1.52. The van der Waals surface area contributed by atoms with Gasteiger partial charge in [0.2, 0.25) is 0 Å². The van der Waals surface area contributed by atoms with Gasteiger partial charge in [0.15, 0.2) is 0 Å². The van der Waals surface area contributed by atoms with E-state index in [0.717, 1.165) is 7.57 Å². The molecule has 0 aliphatic carbocycles. The predicted octanol–water partition coefficient (Wildman–Crippen LogP) is 3.02. The summed E-state index contributed by atoms with van der Waals surface area (Å²) in [6.07, 6.45) is 0. The Kier molecular flexibility index (Phi) is 4.90. The van der Waals surface area contributed by atoms with Gasteiger partial charge in [-0.25, -0.2) is 0 Å². The Morgan fingerprint density at radius 3 is 2.56 bits per heavy atom. The molecule has 0 aromatic carbocycles. The van der Waals surface area contributed by atoms with E-state index in [2.05, 4.69) is 31.9 Å². The third kappa shape index (κ3) is 3.03. The number of hydrogen-bond donors (Lipinski definition) is 1. The van der Waals surface area contributed by atoms with Crippen LogP contribution in [0.25, 0.3) is 0 Å². The minimum atomic E-state index is -0.256. The lowest BCUT2D eigenvalue weighted by atomic mass is 10.2. The first kappa shape index (κ1) is 14.1. The van der Waals surface area contributed by atoms with Crippen LogP contribution >= 0.6 is 55.4 Å². The number of likely N-dealkylation sites (N-methyl/N-ethyl adjacent to an activating group) is 1. The molecule has 0 bridgehead atoms. The van der Waals surface area contributed by atoms with E-state index in [1.165, 1.54) is 16.2 Å². The summed E-state index contributed by atoms with van der Waals surface area (Å²) in [5, 5.41) is 0. The molecular weight excluding hydrogens is 376 g/mol. The van der Waals surface area contributed by atoms with Crippen LogP contribution in [0.5, 0.6) is 0 Å². The van der Waals surface area contributed by atoms with Crippen LogP contribution in [-0.4, -0.2) is 28.9 Å². The highest BCUT2D eigenvalue weighted by atomic mass is 79.9.